The molecule has 284 valence electrons. The second-order valence-electron chi connectivity index (χ2n) is 13.7. The Kier molecular flexibility index (Phi) is 12.4. The average molecular weight is 738 g/mol. The second kappa shape index (κ2) is 16.7. The first kappa shape index (κ1) is 39.1. The van der Waals surface area contributed by atoms with Gasteiger partial charge in [-0.2, -0.15) is 13.2 Å². The van der Waals surface area contributed by atoms with Crippen LogP contribution in [0.3, 0.4) is 0 Å². The molecule has 1 unspecified atom stereocenters. The van der Waals surface area contributed by atoms with Crippen LogP contribution in [-0.4, -0.2) is 71.1 Å². The molecule has 1 fully saturated rings. The lowest BCUT2D eigenvalue weighted by Gasteiger charge is -2.41. The molecule has 0 saturated heterocycles. The van der Waals surface area contributed by atoms with E-state index in [9.17, 15) is 32.3 Å². The Bertz CT molecular complexity index is 1760. The van der Waals surface area contributed by atoms with Crippen LogP contribution >= 0.6 is 0 Å². The van der Waals surface area contributed by atoms with Crippen molar-refractivity contribution >= 4 is 29.6 Å². The summed E-state index contributed by atoms with van der Waals surface area (Å²) in [6.45, 7) is 5.68. The lowest BCUT2D eigenvalue weighted by molar-refractivity contribution is -0.166. The molecule has 0 aromatic heterocycles. The summed E-state index contributed by atoms with van der Waals surface area (Å²) in [6.07, 6.45) is -1.66. The molecule has 13 heteroatoms. The number of hydrogen-bond acceptors (Lipinski definition) is 7. The third-order valence-corrected chi connectivity index (χ3v) is 9.59. The van der Waals surface area contributed by atoms with Crippen LogP contribution in [0.15, 0.2) is 72.8 Å². The van der Waals surface area contributed by atoms with Crippen molar-refractivity contribution in [2.75, 3.05) is 24.6 Å². The number of fused-ring (bicyclic) bond motifs is 1. The highest BCUT2D eigenvalue weighted by Crippen LogP contribution is 2.45. The lowest BCUT2D eigenvalue weighted by Crippen LogP contribution is -2.60. The van der Waals surface area contributed by atoms with Gasteiger partial charge in [0.05, 0.1) is 23.4 Å². The van der Waals surface area contributed by atoms with E-state index in [-0.39, 0.29) is 44.6 Å². The molecule has 0 bridgehead atoms. The number of rotatable bonds is 12. The first-order chi connectivity index (χ1) is 25.2. The van der Waals surface area contributed by atoms with Crippen molar-refractivity contribution in [2.45, 2.75) is 96.8 Å². The SMILES string of the molecule is CCOC(=O)C1(C)Oc2cc(C(F)(F)F)c(C(=O)N(C(C)C)C3CCCCC3)cc2N(CCN(Cc2ccccc2)C(=O)OCc2ccccc2)C1=O. The van der Waals surface area contributed by atoms with Gasteiger partial charge in [-0.3, -0.25) is 9.59 Å². The number of alkyl halides is 3. The van der Waals surface area contributed by atoms with E-state index in [1.165, 1.54) is 16.7 Å². The van der Waals surface area contributed by atoms with E-state index < -0.39 is 58.6 Å². The first-order valence-corrected chi connectivity index (χ1v) is 18.0. The van der Waals surface area contributed by atoms with Gasteiger partial charge in [0.1, 0.15) is 12.4 Å². The van der Waals surface area contributed by atoms with Gasteiger partial charge in [-0.15, -0.1) is 0 Å². The minimum atomic E-state index is -4.99. The van der Waals surface area contributed by atoms with Crippen LogP contribution < -0.4 is 9.64 Å². The fraction of sp³-hybridized carbons (Fsp3) is 0.450. The van der Waals surface area contributed by atoms with E-state index in [1.807, 2.05) is 36.4 Å². The van der Waals surface area contributed by atoms with Crippen molar-refractivity contribution < 1.29 is 46.6 Å². The predicted molar refractivity (Wildman–Crippen MR) is 191 cm³/mol. The highest BCUT2D eigenvalue weighted by Gasteiger charge is 2.53. The van der Waals surface area contributed by atoms with Gasteiger partial charge in [-0.1, -0.05) is 79.9 Å². The van der Waals surface area contributed by atoms with Crippen LogP contribution in [0.1, 0.15) is 86.8 Å². The first-order valence-electron chi connectivity index (χ1n) is 18.0. The summed E-state index contributed by atoms with van der Waals surface area (Å²) < 4.78 is 61.0. The molecule has 3 aromatic carbocycles. The quantitative estimate of drug-likeness (QED) is 0.138. The summed E-state index contributed by atoms with van der Waals surface area (Å²) in [5.74, 6) is -3.27. The Morgan fingerprint density at radius 1 is 0.943 bits per heavy atom. The van der Waals surface area contributed by atoms with Gasteiger partial charge in [-0.05, 0) is 63.8 Å². The molecule has 1 heterocycles. The average Bonchev–Trinajstić information content (AvgIpc) is 3.14. The van der Waals surface area contributed by atoms with E-state index in [1.54, 1.807) is 38.1 Å². The molecule has 3 aromatic rings. The molecular formula is C40H46F3N3O7. The van der Waals surface area contributed by atoms with Gasteiger partial charge in [-0.25, -0.2) is 9.59 Å². The van der Waals surface area contributed by atoms with Crippen molar-refractivity contribution in [1.29, 1.82) is 0 Å². The summed E-state index contributed by atoms with van der Waals surface area (Å²) in [4.78, 5) is 59.2. The van der Waals surface area contributed by atoms with Gasteiger partial charge in [0, 0.05) is 31.7 Å². The predicted octanol–water partition coefficient (Wildman–Crippen LogP) is 7.77. The third-order valence-electron chi connectivity index (χ3n) is 9.59. The van der Waals surface area contributed by atoms with Crippen molar-refractivity contribution in [1.82, 2.24) is 9.80 Å². The van der Waals surface area contributed by atoms with Crippen LogP contribution in [0.4, 0.5) is 23.7 Å². The van der Waals surface area contributed by atoms with Crippen LogP contribution in [0, 0.1) is 0 Å². The third kappa shape index (κ3) is 8.94. The number of hydrogen-bond donors (Lipinski definition) is 0. The lowest BCUT2D eigenvalue weighted by atomic mass is 9.92. The van der Waals surface area contributed by atoms with E-state index in [0.29, 0.717) is 18.9 Å². The summed E-state index contributed by atoms with van der Waals surface area (Å²) in [5, 5.41) is 0. The normalized spacial score (nSPS) is 17.5. The van der Waals surface area contributed by atoms with Gasteiger partial charge in [0.25, 0.3) is 17.4 Å². The Balaban J connectivity index is 1.56. The molecular weight excluding hydrogens is 691 g/mol. The maximum absolute atomic E-state index is 14.8. The fourth-order valence-corrected chi connectivity index (χ4v) is 6.91. The summed E-state index contributed by atoms with van der Waals surface area (Å²) in [6, 6.07) is 19.2. The number of halogens is 3. The van der Waals surface area contributed by atoms with E-state index in [4.69, 9.17) is 14.2 Å². The van der Waals surface area contributed by atoms with Crippen LogP contribution in [0.5, 0.6) is 5.75 Å². The van der Waals surface area contributed by atoms with Crippen molar-refractivity contribution in [3.05, 3.63) is 95.1 Å². The standard InChI is InChI=1S/C40H46F3N3O7/c1-5-51-37(49)39(4)36(48)45(22-21-44(25-28-15-9-6-10-16-28)38(50)52-26-29-17-11-7-12-18-29)33-23-31(32(40(41,42)43)24-34(33)53-39)35(47)46(27(2)3)30-19-13-8-14-20-30/h6-7,9-12,15-18,23-24,27,30H,5,8,13-14,19-22,25-26H2,1-4H3. The molecule has 1 saturated carbocycles. The minimum absolute atomic E-state index is 0.0236. The number of nitrogens with zero attached hydrogens (tertiary/aromatic N) is 3. The number of amides is 3. The van der Waals surface area contributed by atoms with E-state index in [0.717, 1.165) is 48.3 Å². The Morgan fingerprint density at radius 3 is 2.15 bits per heavy atom. The summed E-state index contributed by atoms with van der Waals surface area (Å²) in [7, 11) is 0. The minimum Gasteiger partial charge on any atom is -0.464 e. The zero-order valence-electron chi connectivity index (χ0n) is 30.5. The molecule has 2 aliphatic rings. The van der Waals surface area contributed by atoms with Gasteiger partial charge in [0.2, 0.25) is 0 Å². The molecule has 53 heavy (non-hydrogen) atoms. The maximum atomic E-state index is 14.8. The number of ether oxygens (including phenoxy) is 3. The topological polar surface area (TPSA) is 106 Å². The number of carbonyl (C=O) groups excluding carboxylic acids is 4. The number of esters is 1. The Labute approximate surface area is 307 Å². The van der Waals surface area contributed by atoms with Crippen LogP contribution in [0.2, 0.25) is 0 Å². The zero-order valence-corrected chi connectivity index (χ0v) is 30.5. The monoisotopic (exact) mass is 737 g/mol. The van der Waals surface area contributed by atoms with E-state index in [2.05, 4.69) is 0 Å². The molecule has 0 radical (unpaired) electrons. The van der Waals surface area contributed by atoms with Crippen molar-refractivity contribution in [3.63, 3.8) is 0 Å². The largest absolute Gasteiger partial charge is 0.464 e. The van der Waals surface area contributed by atoms with Crippen LogP contribution in [-0.2, 0) is 38.4 Å². The van der Waals surface area contributed by atoms with Crippen molar-refractivity contribution in [2.24, 2.45) is 0 Å². The molecule has 1 aliphatic carbocycles. The summed E-state index contributed by atoms with van der Waals surface area (Å²) in [5.41, 5.74) is -2.88. The summed E-state index contributed by atoms with van der Waals surface area (Å²) >= 11 is 0. The fourth-order valence-electron chi connectivity index (χ4n) is 6.91. The molecule has 3 amide bonds. The molecule has 5 rings (SSSR count). The van der Waals surface area contributed by atoms with Gasteiger partial charge < -0.3 is 28.9 Å². The molecule has 1 aliphatic heterocycles. The van der Waals surface area contributed by atoms with E-state index >= 15 is 0 Å². The maximum Gasteiger partial charge on any atom is 0.417 e. The second-order valence-corrected chi connectivity index (χ2v) is 13.7. The molecule has 1 atom stereocenters. The van der Waals surface area contributed by atoms with Gasteiger partial charge >= 0.3 is 18.2 Å². The Hall–Kier alpha value is -5.07. The molecule has 0 N–H and O–H groups in total. The Morgan fingerprint density at radius 2 is 1.57 bits per heavy atom. The van der Waals surface area contributed by atoms with Gasteiger partial charge in [0.15, 0.2) is 0 Å². The highest BCUT2D eigenvalue weighted by molar-refractivity contribution is 6.15. The molecule has 0 spiro atoms. The zero-order chi connectivity index (χ0) is 38.3. The number of carbonyl (C=O) groups is 4. The molecule has 10 nitrogen and oxygen atoms in total. The smallest absolute Gasteiger partial charge is 0.417 e. The van der Waals surface area contributed by atoms with Crippen LogP contribution in [0.25, 0.3) is 0 Å². The highest BCUT2D eigenvalue weighted by atomic mass is 19.4. The number of benzene rings is 3. The van der Waals surface area contributed by atoms with Crippen molar-refractivity contribution in [3.8, 4) is 5.75 Å². The number of anilines is 1.